The van der Waals surface area contributed by atoms with Crippen LogP contribution in [0.25, 0.3) is 0 Å². The van der Waals surface area contributed by atoms with Gasteiger partial charge in [-0.05, 0) is 37.1 Å². The molecular weight excluding hydrogens is 388 g/mol. The number of carbonyl (C=O) groups excluding carboxylic acids is 1. The van der Waals surface area contributed by atoms with Gasteiger partial charge in [0.1, 0.15) is 10.6 Å². The SMILES string of the molecule is O=C(NCc1ccccc1O)c1ccc(Cl)c(S(=O)(=O)N2CCCCC2)c1. The molecule has 3 rings (SSSR count). The molecule has 1 aliphatic heterocycles. The highest BCUT2D eigenvalue weighted by Crippen LogP contribution is 2.28. The Morgan fingerprint density at radius 3 is 2.52 bits per heavy atom. The minimum Gasteiger partial charge on any atom is -0.508 e. The Kier molecular flexibility index (Phi) is 6.04. The lowest BCUT2D eigenvalue weighted by Gasteiger charge is -2.26. The number of phenols is 1. The Bertz CT molecular complexity index is 940. The van der Waals surface area contributed by atoms with Crippen molar-refractivity contribution >= 4 is 27.5 Å². The molecule has 1 amide bonds. The largest absolute Gasteiger partial charge is 0.508 e. The highest BCUT2D eigenvalue weighted by Gasteiger charge is 2.28. The van der Waals surface area contributed by atoms with Crippen molar-refractivity contribution in [3.8, 4) is 5.75 Å². The van der Waals surface area contributed by atoms with Gasteiger partial charge in [-0.2, -0.15) is 4.31 Å². The van der Waals surface area contributed by atoms with Gasteiger partial charge in [0.05, 0.1) is 5.02 Å². The number of hydrogen-bond acceptors (Lipinski definition) is 4. The first-order valence-corrected chi connectivity index (χ1v) is 10.6. The first-order valence-electron chi connectivity index (χ1n) is 8.74. The molecule has 0 unspecified atom stereocenters. The lowest BCUT2D eigenvalue weighted by molar-refractivity contribution is 0.0950. The van der Waals surface area contributed by atoms with Crippen LogP contribution < -0.4 is 5.32 Å². The van der Waals surface area contributed by atoms with Crippen LogP contribution in [0.1, 0.15) is 35.2 Å². The molecule has 6 nitrogen and oxygen atoms in total. The van der Waals surface area contributed by atoms with Gasteiger partial charge in [0.2, 0.25) is 10.0 Å². The summed E-state index contributed by atoms with van der Waals surface area (Å²) in [7, 11) is -3.74. The fourth-order valence-corrected chi connectivity index (χ4v) is 5.04. The Morgan fingerprint density at radius 1 is 1.11 bits per heavy atom. The van der Waals surface area contributed by atoms with Crippen LogP contribution in [0, 0.1) is 0 Å². The van der Waals surface area contributed by atoms with E-state index in [9.17, 15) is 18.3 Å². The van der Waals surface area contributed by atoms with Gasteiger partial charge < -0.3 is 10.4 Å². The molecule has 1 fully saturated rings. The molecule has 0 spiro atoms. The normalized spacial score (nSPS) is 15.4. The van der Waals surface area contributed by atoms with Crippen LogP contribution in [0.5, 0.6) is 5.75 Å². The van der Waals surface area contributed by atoms with E-state index in [1.54, 1.807) is 18.2 Å². The third-order valence-electron chi connectivity index (χ3n) is 4.56. The van der Waals surface area contributed by atoms with E-state index in [0.29, 0.717) is 18.7 Å². The van der Waals surface area contributed by atoms with Gasteiger partial charge in [-0.15, -0.1) is 0 Å². The molecule has 0 aliphatic carbocycles. The van der Waals surface area contributed by atoms with Gasteiger partial charge in [-0.1, -0.05) is 36.2 Å². The van der Waals surface area contributed by atoms with Crippen molar-refractivity contribution in [1.29, 1.82) is 0 Å². The standard InChI is InChI=1S/C19H21ClN2O4S/c20-16-9-8-14(19(24)21-13-15-6-2-3-7-17(15)23)12-18(16)27(25,26)22-10-4-1-5-11-22/h2-3,6-9,12,23H,1,4-5,10-11,13H2,(H,21,24). The molecule has 1 heterocycles. The molecule has 0 aromatic heterocycles. The van der Waals surface area contributed by atoms with Gasteiger partial charge in [-0.3, -0.25) is 4.79 Å². The molecule has 0 atom stereocenters. The summed E-state index contributed by atoms with van der Waals surface area (Å²) in [5.74, 6) is -0.354. The van der Waals surface area contributed by atoms with Crippen LogP contribution in [0.4, 0.5) is 0 Å². The van der Waals surface area contributed by atoms with Gasteiger partial charge >= 0.3 is 0 Å². The van der Waals surface area contributed by atoms with Gasteiger partial charge in [0, 0.05) is 30.8 Å². The van der Waals surface area contributed by atoms with Crippen LogP contribution in [0.3, 0.4) is 0 Å². The fraction of sp³-hybridized carbons (Fsp3) is 0.316. The van der Waals surface area contributed by atoms with Crippen molar-refractivity contribution < 1.29 is 18.3 Å². The smallest absolute Gasteiger partial charge is 0.251 e. The number of aromatic hydroxyl groups is 1. The van der Waals surface area contributed by atoms with Crippen LogP contribution in [-0.2, 0) is 16.6 Å². The van der Waals surface area contributed by atoms with Crippen LogP contribution in [-0.4, -0.2) is 36.8 Å². The van der Waals surface area contributed by atoms with Crippen molar-refractivity contribution in [3.63, 3.8) is 0 Å². The third kappa shape index (κ3) is 4.43. The third-order valence-corrected chi connectivity index (χ3v) is 6.94. The number of hydrogen-bond donors (Lipinski definition) is 2. The first kappa shape index (κ1) is 19.7. The summed E-state index contributed by atoms with van der Waals surface area (Å²) in [6, 6.07) is 10.9. The number of para-hydroxylation sites is 1. The fourth-order valence-electron chi connectivity index (χ4n) is 3.02. The predicted molar refractivity (Wildman–Crippen MR) is 103 cm³/mol. The molecule has 27 heavy (non-hydrogen) atoms. The zero-order chi connectivity index (χ0) is 19.4. The molecule has 1 aliphatic rings. The molecule has 0 radical (unpaired) electrons. The highest BCUT2D eigenvalue weighted by atomic mass is 35.5. The number of amides is 1. The van der Waals surface area contributed by atoms with E-state index in [-0.39, 0.29) is 27.8 Å². The average molecular weight is 409 g/mol. The maximum atomic E-state index is 12.9. The Hall–Kier alpha value is -2.09. The second-order valence-corrected chi connectivity index (χ2v) is 8.73. The van der Waals surface area contributed by atoms with Crippen molar-refractivity contribution in [3.05, 3.63) is 58.6 Å². The number of halogens is 1. The maximum Gasteiger partial charge on any atom is 0.251 e. The van der Waals surface area contributed by atoms with Crippen LogP contribution in [0.15, 0.2) is 47.4 Å². The number of carbonyl (C=O) groups is 1. The summed E-state index contributed by atoms with van der Waals surface area (Å²) < 4.78 is 27.2. The lowest BCUT2D eigenvalue weighted by atomic mass is 10.2. The first-order chi connectivity index (χ1) is 12.9. The monoisotopic (exact) mass is 408 g/mol. The van der Waals surface area contributed by atoms with Crippen molar-refractivity contribution in [2.75, 3.05) is 13.1 Å². The van der Waals surface area contributed by atoms with Gasteiger partial charge in [-0.25, -0.2) is 8.42 Å². The van der Waals surface area contributed by atoms with E-state index in [1.807, 2.05) is 0 Å². The summed E-state index contributed by atoms with van der Waals surface area (Å²) in [5, 5.41) is 12.6. The zero-order valence-electron chi connectivity index (χ0n) is 14.7. The Labute approximate surface area is 163 Å². The number of rotatable bonds is 5. The van der Waals surface area contributed by atoms with Crippen molar-refractivity contribution in [2.45, 2.75) is 30.7 Å². The molecule has 2 aromatic rings. The number of piperidine rings is 1. The summed E-state index contributed by atoms with van der Waals surface area (Å²) >= 11 is 6.13. The Morgan fingerprint density at radius 2 is 1.81 bits per heavy atom. The van der Waals surface area contributed by atoms with E-state index in [4.69, 9.17) is 11.6 Å². The molecule has 2 N–H and O–H groups in total. The van der Waals surface area contributed by atoms with Gasteiger partial charge in [0.15, 0.2) is 0 Å². The summed E-state index contributed by atoms with van der Waals surface area (Å²) in [6.45, 7) is 1.05. The summed E-state index contributed by atoms with van der Waals surface area (Å²) in [5.41, 5.74) is 0.770. The number of phenolic OH excluding ortho intramolecular Hbond substituents is 1. The molecule has 2 aromatic carbocycles. The molecule has 0 bridgehead atoms. The second-order valence-electron chi connectivity index (χ2n) is 6.42. The van der Waals surface area contributed by atoms with Gasteiger partial charge in [0.25, 0.3) is 5.91 Å². The van der Waals surface area contributed by atoms with E-state index >= 15 is 0 Å². The number of nitrogens with zero attached hydrogens (tertiary/aromatic N) is 1. The minimum atomic E-state index is -3.74. The molecule has 1 saturated heterocycles. The average Bonchev–Trinajstić information content (AvgIpc) is 2.68. The van der Waals surface area contributed by atoms with E-state index in [2.05, 4.69) is 5.32 Å². The predicted octanol–water partition coefficient (Wildman–Crippen LogP) is 3.15. The van der Waals surface area contributed by atoms with E-state index < -0.39 is 15.9 Å². The van der Waals surface area contributed by atoms with Crippen LogP contribution in [0.2, 0.25) is 5.02 Å². The highest BCUT2D eigenvalue weighted by molar-refractivity contribution is 7.89. The molecule has 8 heteroatoms. The quantitative estimate of drug-likeness (QED) is 0.795. The number of nitrogens with one attached hydrogen (secondary N) is 1. The lowest BCUT2D eigenvalue weighted by Crippen LogP contribution is -2.36. The maximum absolute atomic E-state index is 12.9. The molecular formula is C19H21ClN2O4S. The number of benzene rings is 2. The zero-order valence-corrected chi connectivity index (χ0v) is 16.3. The van der Waals surface area contributed by atoms with Crippen molar-refractivity contribution in [2.24, 2.45) is 0 Å². The van der Waals surface area contributed by atoms with E-state index in [1.165, 1.54) is 28.6 Å². The summed E-state index contributed by atoms with van der Waals surface area (Å²) in [4.78, 5) is 12.4. The second kappa shape index (κ2) is 8.29. The Balaban J connectivity index is 1.80. The van der Waals surface area contributed by atoms with E-state index in [0.717, 1.165) is 19.3 Å². The topological polar surface area (TPSA) is 86.7 Å². The molecule has 144 valence electrons. The number of sulfonamides is 1. The summed E-state index contributed by atoms with van der Waals surface area (Å²) in [6.07, 6.45) is 2.64. The van der Waals surface area contributed by atoms with Crippen LogP contribution >= 0.6 is 11.6 Å². The molecule has 0 saturated carbocycles. The van der Waals surface area contributed by atoms with Crippen molar-refractivity contribution in [1.82, 2.24) is 9.62 Å². The minimum absolute atomic E-state index is 0.0544.